The van der Waals surface area contributed by atoms with Crippen LogP contribution in [0.25, 0.3) is 0 Å². The maximum Gasteiger partial charge on any atom is 0.232 e. The number of rotatable bonds is 7. The minimum absolute atomic E-state index is 0.0300. The van der Waals surface area contributed by atoms with Crippen LogP contribution in [0.2, 0.25) is 0 Å². The molecule has 0 atom stereocenters. The van der Waals surface area contributed by atoms with E-state index in [0.717, 1.165) is 5.56 Å². The molecule has 0 fully saturated rings. The lowest BCUT2D eigenvalue weighted by Crippen LogP contribution is -2.17. The smallest absolute Gasteiger partial charge is 0.232 e. The molecule has 0 amide bonds. The van der Waals surface area contributed by atoms with Gasteiger partial charge in [-0.2, -0.15) is 0 Å². The molecule has 0 radical (unpaired) electrons. The van der Waals surface area contributed by atoms with Crippen molar-refractivity contribution < 1.29 is 8.42 Å². The number of halogens is 1. The number of imidazole rings is 1. The molecule has 20 heavy (non-hydrogen) atoms. The number of nitrogens with one attached hydrogen (secondary N) is 1. The summed E-state index contributed by atoms with van der Waals surface area (Å²) in [4.78, 5) is 3.97. The molecule has 5 nitrogen and oxygen atoms in total. The Morgan fingerprint density at radius 3 is 2.90 bits per heavy atom. The fourth-order valence-corrected chi connectivity index (χ4v) is 3.20. The van der Waals surface area contributed by atoms with Crippen molar-refractivity contribution in [2.24, 2.45) is 0 Å². The van der Waals surface area contributed by atoms with Gasteiger partial charge in [0.1, 0.15) is 0 Å². The average molecular weight is 314 g/mol. The highest BCUT2D eigenvalue weighted by atomic mass is 35.5. The molecule has 0 aliphatic carbocycles. The molecule has 0 spiro atoms. The summed E-state index contributed by atoms with van der Waals surface area (Å²) in [5.41, 5.74) is 1.57. The van der Waals surface area contributed by atoms with Gasteiger partial charge in [-0.1, -0.05) is 12.1 Å². The lowest BCUT2D eigenvalue weighted by molar-refractivity contribution is 0.600. The van der Waals surface area contributed by atoms with Gasteiger partial charge in [0.05, 0.1) is 12.1 Å². The lowest BCUT2D eigenvalue weighted by Gasteiger charge is -2.09. The molecule has 108 valence electrons. The number of anilines is 1. The number of hydrogen-bond acceptors (Lipinski definition) is 3. The van der Waals surface area contributed by atoms with Gasteiger partial charge < -0.3 is 4.57 Å². The van der Waals surface area contributed by atoms with Crippen molar-refractivity contribution in [1.29, 1.82) is 0 Å². The van der Waals surface area contributed by atoms with Crippen LogP contribution in [-0.4, -0.2) is 29.6 Å². The first-order valence-corrected chi connectivity index (χ1v) is 8.39. The monoisotopic (exact) mass is 313 g/mol. The summed E-state index contributed by atoms with van der Waals surface area (Å²) in [6, 6.07) is 7.32. The van der Waals surface area contributed by atoms with E-state index in [0.29, 0.717) is 24.5 Å². The van der Waals surface area contributed by atoms with Gasteiger partial charge in [-0.3, -0.25) is 4.72 Å². The van der Waals surface area contributed by atoms with Crippen molar-refractivity contribution >= 4 is 27.3 Å². The molecule has 1 aromatic heterocycles. The van der Waals surface area contributed by atoms with Crippen LogP contribution in [0, 0.1) is 0 Å². The largest absolute Gasteiger partial charge is 0.333 e. The topological polar surface area (TPSA) is 64.0 Å². The van der Waals surface area contributed by atoms with Gasteiger partial charge in [-0.05, 0) is 24.1 Å². The molecule has 2 rings (SSSR count). The Hall–Kier alpha value is -1.53. The molecule has 1 heterocycles. The summed E-state index contributed by atoms with van der Waals surface area (Å²) < 4.78 is 28.1. The fraction of sp³-hybridized carbons (Fsp3) is 0.308. The Labute approximate surface area is 123 Å². The molecule has 1 N–H and O–H groups in total. The number of sulfonamides is 1. The molecule has 0 bridgehead atoms. The predicted molar refractivity (Wildman–Crippen MR) is 80.5 cm³/mol. The van der Waals surface area contributed by atoms with Crippen LogP contribution < -0.4 is 4.72 Å². The maximum atomic E-state index is 11.8. The van der Waals surface area contributed by atoms with Crippen molar-refractivity contribution in [2.45, 2.75) is 13.0 Å². The van der Waals surface area contributed by atoms with E-state index in [4.69, 9.17) is 11.6 Å². The van der Waals surface area contributed by atoms with Gasteiger partial charge in [0.15, 0.2) is 0 Å². The van der Waals surface area contributed by atoms with Gasteiger partial charge >= 0.3 is 0 Å². The molecule has 0 aliphatic rings. The van der Waals surface area contributed by atoms with Crippen LogP contribution >= 0.6 is 11.6 Å². The third-order valence-corrected chi connectivity index (χ3v) is 4.31. The van der Waals surface area contributed by atoms with Crippen LogP contribution in [0.1, 0.15) is 12.0 Å². The average Bonchev–Trinajstić information content (AvgIpc) is 2.89. The molecule has 0 saturated carbocycles. The van der Waals surface area contributed by atoms with E-state index in [9.17, 15) is 8.42 Å². The van der Waals surface area contributed by atoms with Crippen molar-refractivity contribution in [3.05, 3.63) is 48.5 Å². The molecule has 7 heteroatoms. The molecule has 0 saturated heterocycles. The fourth-order valence-electron chi connectivity index (χ4n) is 1.80. The number of hydrogen-bond donors (Lipinski definition) is 1. The summed E-state index contributed by atoms with van der Waals surface area (Å²) in [7, 11) is -3.33. The van der Waals surface area contributed by atoms with Gasteiger partial charge in [0.2, 0.25) is 10.0 Å². The minimum atomic E-state index is -3.33. The number of benzene rings is 1. The zero-order valence-electron chi connectivity index (χ0n) is 10.9. The second-order valence-electron chi connectivity index (χ2n) is 4.40. The third-order valence-electron chi connectivity index (χ3n) is 2.67. The van der Waals surface area contributed by atoms with Gasteiger partial charge in [-0.15, -0.1) is 11.6 Å². The third kappa shape index (κ3) is 4.54. The SMILES string of the molecule is O=S(=O)(CCCCl)Nc1cccc(Cn2ccnc2)c1. The Morgan fingerprint density at radius 2 is 2.20 bits per heavy atom. The van der Waals surface area contributed by atoms with Crippen LogP contribution in [0.5, 0.6) is 0 Å². The second kappa shape index (κ2) is 6.76. The van der Waals surface area contributed by atoms with Crippen molar-refractivity contribution in [2.75, 3.05) is 16.4 Å². The first-order valence-electron chi connectivity index (χ1n) is 6.20. The van der Waals surface area contributed by atoms with E-state index in [2.05, 4.69) is 9.71 Å². The molecular formula is C13H16ClN3O2S. The van der Waals surface area contributed by atoms with E-state index in [-0.39, 0.29) is 5.75 Å². The first-order chi connectivity index (χ1) is 9.59. The summed E-state index contributed by atoms with van der Waals surface area (Å²) in [5.74, 6) is 0.365. The zero-order chi connectivity index (χ0) is 14.4. The molecule has 0 aliphatic heterocycles. The normalized spacial score (nSPS) is 11.4. The summed E-state index contributed by atoms with van der Waals surface area (Å²) in [5, 5.41) is 0. The Kier molecular flexibility index (Phi) is 5.03. The van der Waals surface area contributed by atoms with Gasteiger partial charge in [0, 0.05) is 30.5 Å². The van der Waals surface area contributed by atoms with E-state index < -0.39 is 10.0 Å². The second-order valence-corrected chi connectivity index (χ2v) is 6.62. The minimum Gasteiger partial charge on any atom is -0.333 e. The van der Waals surface area contributed by atoms with Crippen LogP contribution in [-0.2, 0) is 16.6 Å². The standard InChI is InChI=1S/C13H16ClN3O2S/c14-5-2-8-20(18,19)16-13-4-1-3-12(9-13)10-17-7-6-15-11-17/h1,3-4,6-7,9,11,16H,2,5,8,10H2. The molecule has 2 aromatic rings. The lowest BCUT2D eigenvalue weighted by atomic mass is 10.2. The Balaban J connectivity index is 2.06. The summed E-state index contributed by atoms with van der Waals surface area (Å²) in [6.45, 7) is 0.650. The van der Waals surface area contributed by atoms with E-state index in [1.165, 1.54) is 0 Å². The van der Waals surface area contributed by atoms with Gasteiger partial charge in [-0.25, -0.2) is 13.4 Å². The van der Waals surface area contributed by atoms with Crippen LogP contribution in [0.3, 0.4) is 0 Å². The summed E-state index contributed by atoms with van der Waals surface area (Å²) in [6.07, 6.45) is 5.72. The van der Waals surface area contributed by atoms with Gasteiger partial charge in [0.25, 0.3) is 0 Å². The quantitative estimate of drug-likeness (QED) is 0.798. The number of aromatic nitrogens is 2. The highest BCUT2D eigenvalue weighted by molar-refractivity contribution is 7.92. The number of nitrogens with zero attached hydrogens (tertiary/aromatic N) is 2. The Bertz CT molecular complexity index is 641. The summed E-state index contributed by atoms with van der Waals surface area (Å²) >= 11 is 5.51. The highest BCUT2D eigenvalue weighted by Gasteiger charge is 2.09. The number of alkyl halides is 1. The predicted octanol–water partition coefficient (Wildman–Crippen LogP) is 2.30. The van der Waals surface area contributed by atoms with E-state index in [1.54, 1.807) is 18.6 Å². The van der Waals surface area contributed by atoms with E-state index in [1.807, 2.05) is 29.0 Å². The van der Waals surface area contributed by atoms with Crippen LogP contribution in [0.4, 0.5) is 5.69 Å². The van der Waals surface area contributed by atoms with E-state index >= 15 is 0 Å². The first kappa shape index (κ1) is 14.9. The Morgan fingerprint density at radius 1 is 1.35 bits per heavy atom. The van der Waals surface area contributed by atoms with Crippen LogP contribution in [0.15, 0.2) is 43.0 Å². The molecular weight excluding hydrogens is 298 g/mol. The van der Waals surface area contributed by atoms with Crippen molar-refractivity contribution in [3.8, 4) is 0 Å². The highest BCUT2D eigenvalue weighted by Crippen LogP contribution is 2.14. The van der Waals surface area contributed by atoms with Crippen molar-refractivity contribution in [1.82, 2.24) is 9.55 Å². The maximum absolute atomic E-state index is 11.8. The van der Waals surface area contributed by atoms with Crippen molar-refractivity contribution in [3.63, 3.8) is 0 Å². The molecule has 1 aromatic carbocycles. The molecule has 0 unspecified atom stereocenters. The zero-order valence-corrected chi connectivity index (χ0v) is 12.4.